The van der Waals surface area contributed by atoms with Gasteiger partial charge in [-0.15, -0.1) is 5.10 Å². The summed E-state index contributed by atoms with van der Waals surface area (Å²) in [5.74, 6) is 1.23. The van der Waals surface area contributed by atoms with Gasteiger partial charge in [0.25, 0.3) is 5.56 Å². The summed E-state index contributed by atoms with van der Waals surface area (Å²) < 4.78 is 8.71. The maximum absolute atomic E-state index is 12.5. The number of rotatable bonds is 4. The zero-order valence-electron chi connectivity index (χ0n) is 14.7. The van der Waals surface area contributed by atoms with E-state index in [9.17, 15) is 4.79 Å². The lowest BCUT2D eigenvalue weighted by molar-refractivity contribution is 0.182. The normalized spacial score (nSPS) is 19.1. The summed E-state index contributed by atoms with van der Waals surface area (Å²) in [5.41, 5.74) is 0.543. The highest BCUT2D eigenvalue weighted by atomic mass is 16.5. The van der Waals surface area contributed by atoms with Crippen molar-refractivity contribution in [2.24, 2.45) is 0 Å². The summed E-state index contributed by atoms with van der Waals surface area (Å²) in [6, 6.07) is 6.33. The Hall–Kier alpha value is -3.66. The number of ether oxygens (including phenoxy) is 1. The number of hydrogen-bond donors (Lipinski definition) is 1. The minimum Gasteiger partial charge on any atom is -0.377 e. The molecule has 0 aliphatic carbocycles. The van der Waals surface area contributed by atoms with E-state index in [0.29, 0.717) is 24.8 Å². The number of anilines is 1. The average molecular weight is 376 g/mol. The first-order valence-corrected chi connectivity index (χ1v) is 8.78. The van der Waals surface area contributed by atoms with E-state index in [2.05, 4.69) is 30.5 Å². The number of nitrogens with zero attached hydrogens (tertiary/aromatic N) is 7. The van der Waals surface area contributed by atoms with Crippen molar-refractivity contribution in [1.82, 2.24) is 34.5 Å². The van der Waals surface area contributed by atoms with Gasteiger partial charge in [-0.3, -0.25) is 9.78 Å². The Labute approximate surface area is 158 Å². The van der Waals surface area contributed by atoms with E-state index in [1.807, 2.05) is 6.07 Å². The summed E-state index contributed by atoms with van der Waals surface area (Å²) in [6.45, 7) is 0.805. The molecule has 0 amide bonds. The molecule has 10 nitrogen and oxygen atoms in total. The third-order valence-corrected chi connectivity index (χ3v) is 4.68. The summed E-state index contributed by atoms with van der Waals surface area (Å²) in [5, 5.41) is 12.9. The zero-order valence-corrected chi connectivity index (χ0v) is 14.7. The lowest BCUT2D eigenvalue weighted by Crippen LogP contribution is -2.37. The fourth-order valence-corrected chi connectivity index (χ4v) is 3.30. The van der Waals surface area contributed by atoms with E-state index < -0.39 is 0 Å². The largest absolute Gasteiger partial charge is 0.377 e. The molecule has 2 atom stereocenters. The van der Waals surface area contributed by atoms with Gasteiger partial charge in [0.05, 0.1) is 31.0 Å². The molecule has 1 fully saturated rings. The Bertz CT molecular complexity index is 1170. The van der Waals surface area contributed by atoms with Gasteiger partial charge in [0.2, 0.25) is 0 Å². The van der Waals surface area contributed by atoms with E-state index in [-0.39, 0.29) is 17.6 Å². The van der Waals surface area contributed by atoms with Crippen molar-refractivity contribution in [3.63, 3.8) is 0 Å². The monoisotopic (exact) mass is 376 g/mol. The van der Waals surface area contributed by atoms with Crippen molar-refractivity contribution in [1.29, 1.82) is 0 Å². The smallest absolute Gasteiger partial charge is 0.267 e. The van der Waals surface area contributed by atoms with Gasteiger partial charge in [0, 0.05) is 30.0 Å². The summed E-state index contributed by atoms with van der Waals surface area (Å²) in [6.07, 6.45) is 8.30. The fraction of sp³-hybridized carbons (Fsp3) is 0.222. The Kier molecular flexibility index (Phi) is 4.02. The van der Waals surface area contributed by atoms with Crippen LogP contribution in [0.2, 0.25) is 0 Å². The molecule has 10 heteroatoms. The summed E-state index contributed by atoms with van der Waals surface area (Å²) in [4.78, 5) is 25.2. The molecule has 0 radical (unpaired) electrons. The van der Waals surface area contributed by atoms with Gasteiger partial charge in [-0.25, -0.2) is 19.3 Å². The minimum absolute atomic E-state index is 0.177. The third-order valence-electron chi connectivity index (χ3n) is 4.68. The van der Waals surface area contributed by atoms with Crippen LogP contribution in [0.1, 0.15) is 6.04 Å². The molecule has 1 aliphatic heterocycles. The Morgan fingerprint density at radius 2 is 2.11 bits per heavy atom. The number of nitrogens with one attached hydrogen (secondary N) is 1. The average Bonchev–Trinajstić information content (AvgIpc) is 3.41. The highest BCUT2D eigenvalue weighted by Gasteiger charge is 2.32. The zero-order chi connectivity index (χ0) is 18.9. The molecular formula is C18H16N8O2. The topological polar surface area (TPSA) is 113 Å². The number of pyridine rings is 1. The first kappa shape index (κ1) is 16.5. The maximum atomic E-state index is 12.5. The van der Waals surface area contributed by atoms with E-state index in [4.69, 9.17) is 4.74 Å². The molecule has 1 aliphatic rings. The highest BCUT2D eigenvalue weighted by molar-refractivity contribution is 5.88. The molecule has 140 valence electrons. The van der Waals surface area contributed by atoms with Gasteiger partial charge in [-0.2, -0.15) is 5.10 Å². The van der Waals surface area contributed by atoms with Crippen LogP contribution in [0.25, 0.3) is 16.7 Å². The molecule has 28 heavy (non-hydrogen) atoms. The predicted molar refractivity (Wildman–Crippen MR) is 100 cm³/mol. The van der Waals surface area contributed by atoms with Crippen LogP contribution < -0.4 is 10.9 Å². The predicted octanol–water partition coefficient (Wildman–Crippen LogP) is 0.819. The third kappa shape index (κ3) is 2.89. The minimum atomic E-state index is -0.283. The molecule has 0 aromatic carbocycles. The molecule has 0 spiro atoms. The Morgan fingerprint density at radius 3 is 3.00 bits per heavy atom. The molecule has 4 aromatic heterocycles. The van der Waals surface area contributed by atoms with Crippen LogP contribution in [0.5, 0.6) is 0 Å². The molecule has 0 saturated carbocycles. The van der Waals surface area contributed by atoms with Crippen molar-refractivity contribution in [3.8, 4) is 5.82 Å². The molecule has 1 N–H and O–H groups in total. The van der Waals surface area contributed by atoms with Crippen LogP contribution in [0.4, 0.5) is 5.82 Å². The van der Waals surface area contributed by atoms with Crippen LogP contribution in [-0.2, 0) is 4.74 Å². The van der Waals surface area contributed by atoms with Crippen molar-refractivity contribution >= 4 is 16.7 Å². The molecule has 5 heterocycles. The Balaban J connectivity index is 1.49. The number of fused-ring (bicyclic) bond motifs is 1. The van der Waals surface area contributed by atoms with Crippen molar-refractivity contribution in [3.05, 3.63) is 65.7 Å². The van der Waals surface area contributed by atoms with Gasteiger partial charge >= 0.3 is 0 Å². The molecule has 0 bridgehead atoms. The standard InChI is InChI=1S/C18H16N8O2/c27-17-3-2-16(25-7-1-5-22-25)24-26(17)15-10-28-9-14(15)23-18-12-4-6-19-8-13(12)20-11-21-18/h1-8,11,14-15H,9-10H2,(H,20,21,23). The molecule has 4 aromatic rings. The van der Waals surface area contributed by atoms with Gasteiger partial charge in [-0.05, 0) is 18.2 Å². The van der Waals surface area contributed by atoms with Crippen LogP contribution >= 0.6 is 0 Å². The van der Waals surface area contributed by atoms with E-state index in [1.54, 1.807) is 41.6 Å². The second kappa shape index (κ2) is 6.82. The van der Waals surface area contributed by atoms with Crippen LogP contribution in [-0.4, -0.2) is 53.8 Å². The van der Waals surface area contributed by atoms with E-state index >= 15 is 0 Å². The fourth-order valence-electron chi connectivity index (χ4n) is 3.30. The molecule has 5 rings (SSSR count). The maximum Gasteiger partial charge on any atom is 0.267 e. The van der Waals surface area contributed by atoms with Crippen molar-refractivity contribution < 1.29 is 4.74 Å². The molecular weight excluding hydrogens is 360 g/mol. The number of hydrogen-bond acceptors (Lipinski definition) is 8. The second-order valence-corrected chi connectivity index (χ2v) is 6.40. The van der Waals surface area contributed by atoms with Gasteiger partial charge in [0.1, 0.15) is 18.2 Å². The SMILES string of the molecule is O=c1ccc(-n2cccn2)nn1C1COCC1Nc1ncnc2cnccc12. The second-order valence-electron chi connectivity index (χ2n) is 6.40. The first-order valence-electron chi connectivity index (χ1n) is 8.78. The lowest BCUT2D eigenvalue weighted by atomic mass is 10.1. The highest BCUT2D eigenvalue weighted by Crippen LogP contribution is 2.24. The van der Waals surface area contributed by atoms with E-state index in [1.165, 1.54) is 17.1 Å². The quantitative estimate of drug-likeness (QED) is 0.557. The molecule has 1 saturated heterocycles. The lowest BCUT2D eigenvalue weighted by Gasteiger charge is -2.21. The van der Waals surface area contributed by atoms with Crippen LogP contribution in [0, 0.1) is 0 Å². The van der Waals surface area contributed by atoms with E-state index in [0.717, 1.165) is 10.9 Å². The van der Waals surface area contributed by atoms with Gasteiger partial charge in [0.15, 0.2) is 5.82 Å². The van der Waals surface area contributed by atoms with Crippen LogP contribution in [0.3, 0.4) is 0 Å². The van der Waals surface area contributed by atoms with Crippen LogP contribution in [0.15, 0.2) is 60.2 Å². The summed E-state index contributed by atoms with van der Waals surface area (Å²) >= 11 is 0. The van der Waals surface area contributed by atoms with Gasteiger partial charge in [-0.1, -0.05) is 0 Å². The first-order chi connectivity index (χ1) is 13.8. The number of aromatic nitrogens is 7. The van der Waals surface area contributed by atoms with Gasteiger partial charge < -0.3 is 10.1 Å². The van der Waals surface area contributed by atoms with Crippen molar-refractivity contribution in [2.45, 2.75) is 12.1 Å². The Morgan fingerprint density at radius 1 is 1.14 bits per heavy atom. The van der Waals surface area contributed by atoms with Crippen molar-refractivity contribution in [2.75, 3.05) is 18.5 Å². The molecule has 2 unspecified atom stereocenters. The summed E-state index contributed by atoms with van der Waals surface area (Å²) in [7, 11) is 0.